The average Bonchev–Trinajstić information content (AvgIpc) is 2.38. The lowest BCUT2D eigenvalue weighted by Gasteiger charge is -2.35. The van der Waals surface area contributed by atoms with Crippen LogP contribution in [0.2, 0.25) is 0 Å². The van der Waals surface area contributed by atoms with Crippen molar-refractivity contribution in [3.8, 4) is 0 Å². The molecule has 0 aliphatic carbocycles. The molecule has 0 aromatic heterocycles. The predicted molar refractivity (Wildman–Crippen MR) is 65.2 cm³/mol. The summed E-state index contributed by atoms with van der Waals surface area (Å²) in [5.41, 5.74) is 0.0773. The van der Waals surface area contributed by atoms with E-state index in [1.54, 1.807) is 0 Å². The number of hydrogen-bond donors (Lipinski definition) is 2. The van der Waals surface area contributed by atoms with Crippen LogP contribution in [0.1, 0.15) is 18.0 Å². The van der Waals surface area contributed by atoms with Gasteiger partial charge in [-0.25, -0.2) is 8.78 Å². The van der Waals surface area contributed by atoms with E-state index in [0.29, 0.717) is 6.42 Å². The third-order valence-corrected chi connectivity index (χ3v) is 3.33. The minimum absolute atomic E-state index is 0.0773. The van der Waals surface area contributed by atoms with Crippen molar-refractivity contribution in [3.05, 3.63) is 35.4 Å². The summed E-state index contributed by atoms with van der Waals surface area (Å²) in [6.07, 6.45) is 0.345. The van der Waals surface area contributed by atoms with Crippen LogP contribution in [0.4, 0.5) is 8.78 Å². The van der Waals surface area contributed by atoms with Gasteiger partial charge in [0.2, 0.25) is 0 Å². The Hall–Kier alpha value is -1.04. The smallest absolute Gasteiger partial charge is 0.130 e. The maximum absolute atomic E-state index is 13.8. The maximum Gasteiger partial charge on any atom is 0.130 e. The lowest BCUT2D eigenvalue weighted by molar-refractivity contribution is 0.135. The summed E-state index contributed by atoms with van der Waals surface area (Å²) in [5, 5.41) is 12.3. The van der Waals surface area contributed by atoms with Crippen LogP contribution in [0.5, 0.6) is 0 Å². The minimum Gasteiger partial charge on any atom is -0.396 e. The third-order valence-electron chi connectivity index (χ3n) is 3.33. The molecule has 1 aromatic rings. The first-order valence-corrected chi connectivity index (χ1v) is 6.23. The fraction of sp³-hybridized carbons (Fsp3) is 0.538. The molecule has 1 aromatic carbocycles. The van der Waals surface area contributed by atoms with Gasteiger partial charge in [-0.2, -0.15) is 0 Å². The number of aliphatic hydroxyl groups excluding tert-OH is 1. The zero-order chi connectivity index (χ0) is 13.0. The van der Waals surface area contributed by atoms with E-state index in [-0.39, 0.29) is 12.2 Å². The summed E-state index contributed by atoms with van der Waals surface area (Å²) in [6, 6.07) is 3.51. The second-order valence-corrected chi connectivity index (χ2v) is 4.45. The Bertz CT molecular complexity index is 374. The van der Waals surface area contributed by atoms with Crippen molar-refractivity contribution < 1.29 is 13.9 Å². The Kier molecular flexibility index (Phi) is 4.63. The molecule has 1 aliphatic rings. The largest absolute Gasteiger partial charge is 0.396 e. The van der Waals surface area contributed by atoms with Gasteiger partial charge in [0.05, 0.1) is 0 Å². The van der Waals surface area contributed by atoms with Crippen molar-refractivity contribution in [1.29, 1.82) is 0 Å². The van der Waals surface area contributed by atoms with Gasteiger partial charge in [-0.1, -0.05) is 6.07 Å². The summed E-state index contributed by atoms with van der Waals surface area (Å²) in [7, 11) is 0. The first kappa shape index (κ1) is 13.4. The van der Waals surface area contributed by atoms with E-state index in [0.717, 1.165) is 26.2 Å². The lowest BCUT2D eigenvalue weighted by atomic mass is 10.00. The summed E-state index contributed by atoms with van der Waals surface area (Å²) < 4.78 is 27.6. The SMILES string of the molecule is OCC[C@H](c1c(F)cccc1F)N1CCNCC1. The van der Waals surface area contributed by atoms with Crippen molar-refractivity contribution in [2.45, 2.75) is 12.5 Å². The van der Waals surface area contributed by atoms with Gasteiger partial charge >= 0.3 is 0 Å². The topological polar surface area (TPSA) is 35.5 Å². The van der Waals surface area contributed by atoms with E-state index >= 15 is 0 Å². The monoisotopic (exact) mass is 256 g/mol. The van der Waals surface area contributed by atoms with Crippen molar-refractivity contribution >= 4 is 0 Å². The third kappa shape index (κ3) is 2.85. The number of nitrogens with one attached hydrogen (secondary N) is 1. The maximum atomic E-state index is 13.8. The van der Waals surface area contributed by atoms with Gasteiger partial charge in [0, 0.05) is 44.4 Å². The van der Waals surface area contributed by atoms with Crippen molar-refractivity contribution in [1.82, 2.24) is 10.2 Å². The molecule has 0 radical (unpaired) electrons. The first-order chi connectivity index (χ1) is 8.74. The van der Waals surface area contributed by atoms with Gasteiger partial charge in [0.1, 0.15) is 11.6 Å². The molecule has 5 heteroatoms. The van der Waals surface area contributed by atoms with Crippen molar-refractivity contribution in [2.75, 3.05) is 32.8 Å². The number of aliphatic hydroxyl groups is 1. The van der Waals surface area contributed by atoms with Gasteiger partial charge < -0.3 is 10.4 Å². The number of benzene rings is 1. The Morgan fingerprint density at radius 3 is 2.39 bits per heavy atom. The van der Waals surface area contributed by atoms with Gasteiger partial charge in [0.15, 0.2) is 0 Å². The predicted octanol–water partition coefficient (Wildman–Crippen LogP) is 1.29. The van der Waals surface area contributed by atoms with Crippen LogP contribution >= 0.6 is 0 Å². The lowest BCUT2D eigenvalue weighted by Crippen LogP contribution is -2.45. The molecule has 1 fully saturated rings. The normalized spacial score (nSPS) is 18.8. The zero-order valence-electron chi connectivity index (χ0n) is 10.2. The highest BCUT2D eigenvalue weighted by Crippen LogP contribution is 2.28. The van der Waals surface area contributed by atoms with E-state index in [2.05, 4.69) is 5.32 Å². The van der Waals surface area contributed by atoms with Crippen molar-refractivity contribution in [3.63, 3.8) is 0 Å². The molecule has 18 heavy (non-hydrogen) atoms. The van der Waals surface area contributed by atoms with Crippen LogP contribution in [0.3, 0.4) is 0 Å². The molecule has 0 bridgehead atoms. The van der Waals surface area contributed by atoms with Gasteiger partial charge in [-0.15, -0.1) is 0 Å². The molecular weight excluding hydrogens is 238 g/mol. The number of rotatable bonds is 4. The van der Waals surface area contributed by atoms with Crippen LogP contribution in [0.25, 0.3) is 0 Å². The van der Waals surface area contributed by atoms with Crippen molar-refractivity contribution in [2.24, 2.45) is 0 Å². The van der Waals surface area contributed by atoms with Crippen LogP contribution in [0, 0.1) is 11.6 Å². The first-order valence-electron chi connectivity index (χ1n) is 6.23. The quantitative estimate of drug-likeness (QED) is 0.852. The van der Waals surface area contributed by atoms with Crippen LogP contribution < -0.4 is 5.32 Å². The van der Waals surface area contributed by atoms with E-state index in [1.165, 1.54) is 18.2 Å². The highest BCUT2D eigenvalue weighted by atomic mass is 19.1. The van der Waals surface area contributed by atoms with E-state index < -0.39 is 17.7 Å². The minimum atomic E-state index is -0.535. The average molecular weight is 256 g/mol. The van der Waals surface area contributed by atoms with Gasteiger partial charge in [-0.3, -0.25) is 4.90 Å². The fourth-order valence-electron chi connectivity index (χ4n) is 2.45. The Balaban J connectivity index is 2.28. The molecule has 0 spiro atoms. The molecular formula is C13H18F2N2O. The molecule has 100 valence electrons. The number of hydrogen-bond acceptors (Lipinski definition) is 3. The summed E-state index contributed by atoms with van der Waals surface area (Å²) in [4.78, 5) is 2.02. The standard InChI is InChI=1S/C13H18F2N2O/c14-10-2-1-3-11(15)13(10)12(4-9-18)17-7-5-16-6-8-17/h1-3,12,16,18H,4-9H2/t12-/m1/s1. The highest BCUT2D eigenvalue weighted by Gasteiger charge is 2.26. The molecule has 1 atom stereocenters. The zero-order valence-corrected chi connectivity index (χ0v) is 10.2. The van der Waals surface area contributed by atoms with Crippen LogP contribution in [-0.2, 0) is 0 Å². The van der Waals surface area contributed by atoms with Gasteiger partial charge in [-0.05, 0) is 18.6 Å². The number of nitrogens with zero attached hydrogens (tertiary/aromatic N) is 1. The molecule has 1 heterocycles. The molecule has 0 amide bonds. The molecule has 2 N–H and O–H groups in total. The Morgan fingerprint density at radius 1 is 1.22 bits per heavy atom. The molecule has 2 rings (SSSR count). The van der Waals surface area contributed by atoms with Crippen LogP contribution in [-0.4, -0.2) is 42.8 Å². The van der Waals surface area contributed by atoms with E-state index in [1.807, 2.05) is 4.90 Å². The molecule has 0 saturated carbocycles. The molecule has 1 saturated heterocycles. The highest BCUT2D eigenvalue weighted by molar-refractivity contribution is 5.23. The molecule has 0 unspecified atom stereocenters. The fourth-order valence-corrected chi connectivity index (χ4v) is 2.45. The Labute approximate surface area is 105 Å². The van der Waals surface area contributed by atoms with Crippen LogP contribution in [0.15, 0.2) is 18.2 Å². The summed E-state index contributed by atoms with van der Waals surface area (Å²) in [6.45, 7) is 3.00. The Morgan fingerprint density at radius 2 is 1.83 bits per heavy atom. The summed E-state index contributed by atoms with van der Waals surface area (Å²) in [5.74, 6) is -1.07. The van der Waals surface area contributed by atoms with Gasteiger partial charge in [0.25, 0.3) is 0 Å². The molecule has 1 aliphatic heterocycles. The summed E-state index contributed by atoms with van der Waals surface area (Å²) >= 11 is 0. The van der Waals surface area contributed by atoms with E-state index in [4.69, 9.17) is 5.11 Å². The second kappa shape index (κ2) is 6.22. The number of piperazine rings is 1. The van der Waals surface area contributed by atoms with E-state index in [9.17, 15) is 8.78 Å². The second-order valence-electron chi connectivity index (χ2n) is 4.45. The molecule has 3 nitrogen and oxygen atoms in total. The number of halogens is 2.